The molecule has 2 aromatic carbocycles. The van der Waals surface area contributed by atoms with E-state index >= 15 is 0 Å². The van der Waals surface area contributed by atoms with Gasteiger partial charge >= 0.3 is 0 Å². The largest absolute Gasteiger partial charge is 0.508 e. The van der Waals surface area contributed by atoms with Crippen LogP contribution in [-0.4, -0.2) is 26.0 Å². The molecule has 0 saturated heterocycles. The summed E-state index contributed by atoms with van der Waals surface area (Å²) in [5.74, 6) is 0.102. The summed E-state index contributed by atoms with van der Waals surface area (Å²) in [5, 5.41) is 24.2. The Balaban J connectivity index is 1.89. The molecule has 0 aliphatic rings. The van der Waals surface area contributed by atoms with Crippen LogP contribution >= 0.6 is 0 Å². The van der Waals surface area contributed by atoms with Crippen LogP contribution in [0.25, 0.3) is 22.0 Å². The highest BCUT2D eigenvalue weighted by Crippen LogP contribution is 2.32. The fourth-order valence-electron chi connectivity index (χ4n) is 3.03. The quantitative estimate of drug-likeness (QED) is 0.300. The maximum atomic E-state index is 10.2. The molecule has 0 amide bonds. The first kappa shape index (κ1) is 15.0. The van der Waals surface area contributed by atoms with Crippen LogP contribution in [0.4, 0.5) is 0 Å². The predicted octanol–water partition coefficient (Wildman–Crippen LogP) is 4.16. The number of hydrogen-bond acceptors (Lipinski definition) is 4. The van der Waals surface area contributed by atoms with E-state index in [1.165, 1.54) is 0 Å². The van der Waals surface area contributed by atoms with E-state index in [-0.39, 0.29) is 5.75 Å². The van der Waals surface area contributed by atoms with Crippen molar-refractivity contribution < 1.29 is 10.3 Å². The second-order valence-corrected chi connectivity index (χ2v) is 5.70. The smallest absolute Gasteiger partial charge is 0.118 e. The van der Waals surface area contributed by atoms with Crippen molar-refractivity contribution in [3.05, 3.63) is 84.3 Å². The minimum Gasteiger partial charge on any atom is -0.508 e. The van der Waals surface area contributed by atoms with E-state index in [1.807, 2.05) is 36.5 Å². The summed E-state index contributed by atoms with van der Waals surface area (Å²) in [6, 6.07) is 16.7. The van der Waals surface area contributed by atoms with E-state index in [0.717, 1.165) is 22.0 Å². The number of nitrogens with zero attached hydrogens (tertiary/aromatic N) is 2. The monoisotopic (exact) mass is 329 g/mol. The molecule has 2 heterocycles. The van der Waals surface area contributed by atoms with Crippen LogP contribution < -0.4 is 0 Å². The van der Waals surface area contributed by atoms with Crippen LogP contribution in [-0.2, 0) is 0 Å². The molecule has 0 spiro atoms. The molecule has 3 N–H and O–H groups in total. The molecular weight excluding hydrogens is 314 g/mol. The Labute approximate surface area is 143 Å². The summed E-state index contributed by atoms with van der Waals surface area (Å²) >= 11 is 0. The lowest BCUT2D eigenvalue weighted by atomic mass is 9.96. The number of pyridine rings is 1. The number of fused-ring (bicyclic) bond motifs is 1. The maximum absolute atomic E-state index is 10.2. The average Bonchev–Trinajstić information content (AvgIpc) is 3.11. The molecule has 5 nitrogen and oxygen atoms in total. The van der Waals surface area contributed by atoms with Crippen molar-refractivity contribution in [2.24, 2.45) is 5.16 Å². The Hall–Kier alpha value is -3.60. The van der Waals surface area contributed by atoms with Gasteiger partial charge in [0.25, 0.3) is 0 Å². The number of aromatic hydroxyl groups is 1. The van der Waals surface area contributed by atoms with Gasteiger partial charge in [-0.1, -0.05) is 17.3 Å². The normalized spacial score (nSPS) is 11.8. The van der Waals surface area contributed by atoms with E-state index in [1.54, 1.807) is 36.7 Å². The fourth-order valence-corrected chi connectivity index (χ4v) is 3.03. The van der Waals surface area contributed by atoms with Crippen molar-refractivity contribution in [3.8, 4) is 16.9 Å². The van der Waals surface area contributed by atoms with Gasteiger partial charge in [-0.05, 0) is 53.6 Å². The van der Waals surface area contributed by atoms with Crippen LogP contribution in [0, 0.1) is 0 Å². The number of nitrogens with one attached hydrogen (secondary N) is 1. The van der Waals surface area contributed by atoms with Crippen LogP contribution in [0.15, 0.2) is 78.3 Å². The number of aromatic amines is 1. The number of hydrogen-bond donors (Lipinski definition) is 3. The van der Waals surface area contributed by atoms with Gasteiger partial charge in [-0.3, -0.25) is 4.98 Å². The van der Waals surface area contributed by atoms with Gasteiger partial charge in [-0.2, -0.15) is 0 Å². The Kier molecular flexibility index (Phi) is 3.67. The molecule has 122 valence electrons. The Bertz CT molecular complexity index is 1070. The van der Waals surface area contributed by atoms with Gasteiger partial charge in [0, 0.05) is 40.6 Å². The zero-order chi connectivity index (χ0) is 17.2. The van der Waals surface area contributed by atoms with Gasteiger partial charge in [0.2, 0.25) is 0 Å². The van der Waals surface area contributed by atoms with E-state index in [2.05, 4.69) is 15.1 Å². The molecule has 0 fully saturated rings. The Morgan fingerprint density at radius 2 is 1.92 bits per heavy atom. The summed E-state index contributed by atoms with van der Waals surface area (Å²) in [4.78, 5) is 7.24. The maximum Gasteiger partial charge on any atom is 0.118 e. The molecular formula is C20H15N3O2. The van der Waals surface area contributed by atoms with Crippen molar-refractivity contribution in [3.63, 3.8) is 0 Å². The first-order valence-electron chi connectivity index (χ1n) is 7.79. The Morgan fingerprint density at radius 1 is 1.00 bits per heavy atom. The van der Waals surface area contributed by atoms with Gasteiger partial charge in [0.05, 0.1) is 0 Å². The lowest BCUT2D eigenvalue weighted by molar-refractivity contribution is 0.319. The summed E-state index contributed by atoms with van der Waals surface area (Å²) in [6.07, 6.45) is 5.15. The fraction of sp³-hybridized carbons (Fsp3) is 0. The molecule has 4 rings (SSSR count). The zero-order valence-electron chi connectivity index (χ0n) is 13.2. The molecule has 0 saturated carbocycles. The number of oxime groups is 1. The van der Waals surface area contributed by atoms with Gasteiger partial charge in [-0.25, -0.2) is 0 Å². The second-order valence-electron chi connectivity index (χ2n) is 5.70. The number of aromatic nitrogens is 2. The van der Waals surface area contributed by atoms with Crippen LogP contribution in [0.1, 0.15) is 11.1 Å². The lowest BCUT2D eigenvalue weighted by Gasteiger charge is -2.10. The molecule has 0 bridgehead atoms. The minimum absolute atomic E-state index is 0.102. The zero-order valence-corrected chi connectivity index (χ0v) is 13.2. The van der Waals surface area contributed by atoms with Crippen molar-refractivity contribution in [1.82, 2.24) is 9.97 Å². The molecule has 25 heavy (non-hydrogen) atoms. The Morgan fingerprint density at radius 3 is 2.72 bits per heavy atom. The highest BCUT2D eigenvalue weighted by atomic mass is 16.4. The number of rotatable bonds is 3. The van der Waals surface area contributed by atoms with Crippen LogP contribution in [0.2, 0.25) is 0 Å². The first-order chi connectivity index (χ1) is 12.3. The van der Waals surface area contributed by atoms with Gasteiger partial charge in [-0.15, -0.1) is 0 Å². The predicted molar refractivity (Wildman–Crippen MR) is 97.1 cm³/mol. The number of benzene rings is 2. The molecule has 0 unspecified atom stereocenters. The van der Waals surface area contributed by atoms with Crippen molar-refractivity contribution in [1.29, 1.82) is 0 Å². The molecule has 4 aromatic rings. The van der Waals surface area contributed by atoms with Crippen LogP contribution in [0.5, 0.6) is 5.75 Å². The number of phenols is 1. The molecule has 0 atom stereocenters. The highest BCUT2D eigenvalue weighted by Gasteiger charge is 2.13. The first-order valence-corrected chi connectivity index (χ1v) is 7.79. The van der Waals surface area contributed by atoms with Crippen molar-refractivity contribution in [2.45, 2.75) is 0 Å². The van der Waals surface area contributed by atoms with Gasteiger partial charge in [0.15, 0.2) is 0 Å². The SMILES string of the molecule is ON=C(c1cccnc1)c1cc(O)cc(-c2cccc3[nH]ccc23)c1. The molecule has 5 heteroatoms. The third-order valence-electron chi connectivity index (χ3n) is 4.13. The van der Waals surface area contributed by atoms with E-state index < -0.39 is 0 Å². The number of H-pyrrole nitrogens is 1. The topological polar surface area (TPSA) is 81.5 Å². The van der Waals surface area contributed by atoms with Gasteiger partial charge in [0.1, 0.15) is 11.5 Å². The van der Waals surface area contributed by atoms with Crippen molar-refractivity contribution >= 4 is 16.6 Å². The van der Waals surface area contributed by atoms with Gasteiger partial charge < -0.3 is 15.3 Å². The standard InChI is InChI=1S/C20H15N3O2/c24-16-10-14(17-4-1-5-19-18(17)6-8-22-19)9-15(11-16)20(23-25)13-3-2-7-21-12-13/h1-12,22,24-25H. The van der Waals surface area contributed by atoms with E-state index in [9.17, 15) is 10.3 Å². The summed E-state index contributed by atoms with van der Waals surface area (Å²) < 4.78 is 0. The van der Waals surface area contributed by atoms with Crippen LogP contribution in [0.3, 0.4) is 0 Å². The van der Waals surface area contributed by atoms with Crippen molar-refractivity contribution in [2.75, 3.05) is 0 Å². The highest BCUT2D eigenvalue weighted by molar-refractivity contribution is 6.13. The molecule has 0 radical (unpaired) electrons. The summed E-state index contributed by atoms with van der Waals surface area (Å²) in [6.45, 7) is 0. The minimum atomic E-state index is 0.102. The van der Waals surface area contributed by atoms with E-state index in [4.69, 9.17) is 0 Å². The van der Waals surface area contributed by atoms with E-state index in [0.29, 0.717) is 16.8 Å². The molecule has 0 aliphatic heterocycles. The lowest BCUT2D eigenvalue weighted by Crippen LogP contribution is -2.04. The molecule has 0 aliphatic carbocycles. The third kappa shape index (κ3) is 2.72. The average molecular weight is 329 g/mol. The second kappa shape index (κ2) is 6.13. The summed E-state index contributed by atoms with van der Waals surface area (Å²) in [7, 11) is 0. The summed E-state index contributed by atoms with van der Waals surface area (Å²) in [5.41, 5.74) is 4.47. The third-order valence-corrected chi connectivity index (χ3v) is 4.13. The molecule has 2 aromatic heterocycles. The number of phenolic OH excluding ortho intramolecular Hbond substituents is 1.